The van der Waals surface area contributed by atoms with Crippen molar-refractivity contribution in [1.29, 1.82) is 0 Å². The normalized spacial score (nSPS) is 12.9. The van der Waals surface area contributed by atoms with E-state index in [1.807, 2.05) is 0 Å². The molecule has 36 heavy (non-hydrogen) atoms. The zero-order valence-electron chi connectivity index (χ0n) is 18.3. The first-order valence-corrected chi connectivity index (χ1v) is 10.4. The zero-order chi connectivity index (χ0) is 26.5. The number of phenolic OH excluding ortho intramolecular Hbond substituents is 1. The van der Waals surface area contributed by atoms with E-state index in [1.165, 1.54) is 54.6 Å². The Labute approximate surface area is 200 Å². The lowest BCUT2D eigenvalue weighted by Gasteiger charge is -2.21. The van der Waals surface area contributed by atoms with Gasteiger partial charge in [-0.1, -0.05) is 24.3 Å². The van der Waals surface area contributed by atoms with Crippen molar-refractivity contribution < 1.29 is 50.4 Å². The molecule has 0 saturated heterocycles. The highest BCUT2D eigenvalue weighted by Gasteiger charge is 2.44. The van der Waals surface area contributed by atoms with E-state index in [0.717, 1.165) is 12.1 Å². The molecule has 0 aliphatic carbocycles. The number of ether oxygens (including phenoxy) is 2. The van der Waals surface area contributed by atoms with Crippen molar-refractivity contribution in [2.45, 2.75) is 31.2 Å². The molecule has 3 aromatic carbocycles. The Hall–Kier alpha value is -3.67. The van der Waals surface area contributed by atoms with Crippen molar-refractivity contribution in [3.8, 4) is 23.0 Å². The fourth-order valence-electron chi connectivity index (χ4n) is 3.11. The van der Waals surface area contributed by atoms with Crippen molar-refractivity contribution in [3.63, 3.8) is 0 Å². The van der Waals surface area contributed by atoms with Crippen LogP contribution in [0.1, 0.15) is 11.1 Å². The van der Waals surface area contributed by atoms with Gasteiger partial charge in [-0.05, 0) is 60.0 Å². The van der Waals surface area contributed by atoms with Crippen LogP contribution in [0.2, 0.25) is 0 Å². The molecule has 0 aromatic heterocycles. The van der Waals surface area contributed by atoms with Crippen LogP contribution in [0.15, 0.2) is 66.7 Å². The second kappa shape index (κ2) is 10.9. The van der Waals surface area contributed by atoms with E-state index in [1.54, 1.807) is 0 Å². The van der Waals surface area contributed by atoms with Gasteiger partial charge in [0.2, 0.25) is 0 Å². The maximum Gasteiger partial charge on any atom is 0.461 e. The molecule has 0 aliphatic heterocycles. The van der Waals surface area contributed by atoms with Crippen molar-refractivity contribution in [2.75, 3.05) is 11.9 Å². The molecule has 5 nitrogen and oxygen atoms in total. The molecule has 0 aliphatic rings. The van der Waals surface area contributed by atoms with E-state index in [-0.39, 0.29) is 29.4 Å². The summed E-state index contributed by atoms with van der Waals surface area (Å²) in [5.41, 5.74) is 0.732. The highest BCUT2D eigenvalue weighted by molar-refractivity contribution is 5.64. The lowest BCUT2D eigenvalue weighted by molar-refractivity contribution is -0.253. The number of rotatable bonds is 10. The Kier molecular flexibility index (Phi) is 8.18. The molecule has 0 bridgehead atoms. The van der Waals surface area contributed by atoms with Gasteiger partial charge in [-0.25, -0.2) is 0 Å². The molecule has 0 heterocycles. The SMILES string of the molecule is Oc1ccc(Oc2cccc(Cc3cccc(OC(F)(F)C(F)F)c3)c2NCC(O)C(F)(F)F)cc1. The highest BCUT2D eigenvalue weighted by atomic mass is 19.4. The van der Waals surface area contributed by atoms with Gasteiger partial charge in [0.05, 0.1) is 5.69 Å². The van der Waals surface area contributed by atoms with Crippen LogP contribution in [0.4, 0.5) is 36.4 Å². The smallest absolute Gasteiger partial charge is 0.461 e. The number of halogens is 7. The number of hydrogen-bond donors (Lipinski definition) is 3. The topological polar surface area (TPSA) is 71.0 Å². The van der Waals surface area contributed by atoms with E-state index in [2.05, 4.69) is 10.1 Å². The first kappa shape index (κ1) is 26.9. The van der Waals surface area contributed by atoms with Crippen LogP contribution in [-0.2, 0) is 6.42 Å². The third kappa shape index (κ3) is 7.17. The number of aromatic hydroxyl groups is 1. The van der Waals surface area contributed by atoms with Crippen LogP contribution in [-0.4, -0.2) is 41.6 Å². The molecule has 1 atom stereocenters. The number of phenols is 1. The van der Waals surface area contributed by atoms with Crippen molar-refractivity contribution in [1.82, 2.24) is 0 Å². The number of para-hydroxylation sites is 1. The minimum absolute atomic E-state index is 0.0396. The van der Waals surface area contributed by atoms with Crippen LogP contribution in [0, 0.1) is 0 Å². The number of anilines is 1. The summed E-state index contributed by atoms with van der Waals surface area (Å²) in [6.45, 7) is -0.920. The Bertz CT molecular complexity index is 1150. The molecule has 0 amide bonds. The predicted molar refractivity (Wildman–Crippen MR) is 116 cm³/mol. The molecule has 0 fully saturated rings. The van der Waals surface area contributed by atoms with Crippen molar-refractivity contribution in [2.24, 2.45) is 0 Å². The lowest BCUT2D eigenvalue weighted by Crippen LogP contribution is -2.35. The van der Waals surface area contributed by atoms with Gasteiger partial charge in [-0.3, -0.25) is 0 Å². The summed E-state index contributed by atoms with van der Waals surface area (Å²) in [7, 11) is 0. The van der Waals surface area contributed by atoms with E-state index in [0.29, 0.717) is 11.1 Å². The van der Waals surface area contributed by atoms with E-state index in [4.69, 9.17) is 4.74 Å². The molecule has 3 aromatic rings. The molecule has 194 valence electrons. The largest absolute Gasteiger partial charge is 0.508 e. The summed E-state index contributed by atoms with van der Waals surface area (Å²) in [5, 5.41) is 21.4. The van der Waals surface area contributed by atoms with Gasteiger partial charge in [-0.2, -0.15) is 30.7 Å². The molecule has 0 spiro atoms. The van der Waals surface area contributed by atoms with Crippen molar-refractivity contribution in [3.05, 3.63) is 77.9 Å². The second-order valence-electron chi connectivity index (χ2n) is 7.61. The molecular weight excluding hydrogens is 499 g/mol. The summed E-state index contributed by atoms with van der Waals surface area (Å²) < 4.78 is 99.9. The van der Waals surface area contributed by atoms with Gasteiger partial charge >= 0.3 is 18.7 Å². The van der Waals surface area contributed by atoms with E-state index >= 15 is 0 Å². The lowest BCUT2D eigenvalue weighted by atomic mass is 10.0. The van der Waals surface area contributed by atoms with Crippen molar-refractivity contribution >= 4 is 5.69 Å². The first-order chi connectivity index (χ1) is 16.8. The standard InChI is InChI=1S/C24H20F7NO4/c25-22(26)24(30,31)36-18-5-1-3-14(12-18)11-15-4-2-6-19(35-17-9-7-16(33)8-10-17)21(15)32-13-20(34)23(27,28)29/h1-10,12,20,22,32-34H,11,13H2. The summed E-state index contributed by atoms with van der Waals surface area (Å²) in [4.78, 5) is 0. The molecule has 0 saturated carbocycles. The number of benzene rings is 3. The van der Waals surface area contributed by atoms with E-state index < -0.39 is 37.1 Å². The monoisotopic (exact) mass is 519 g/mol. The number of aliphatic hydroxyl groups excluding tert-OH is 1. The average Bonchev–Trinajstić information content (AvgIpc) is 2.79. The van der Waals surface area contributed by atoms with E-state index in [9.17, 15) is 40.9 Å². The van der Waals surface area contributed by atoms with Crippen LogP contribution in [0.3, 0.4) is 0 Å². The maximum absolute atomic E-state index is 13.3. The van der Waals surface area contributed by atoms with Gasteiger partial charge in [0.1, 0.15) is 17.2 Å². The minimum Gasteiger partial charge on any atom is -0.508 e. The van der Waals surface area contributed by atoms with Crippen LogP contribution in [0.25, 0.3) is 0 Å². The van der Waals surface area contributed by atoms with Crippen LogP contribution < -0.4 is 14.8 Å². The fraction of sp³-hybridized carbons (Fsp3) is 0.250. The minimum atomic E-state index is -4.89. The first-order valence-electron chi connectivity index (χ1n) is 10.4. The van der Waals surface area contributed by atoms with Gasteiger partial charge in [0.15, 0.2) is 11.9 Å². The number of nitrogens with one attached hydrogen (secondary N) is 1. The van der Waals surface area contributed by atoms with Crippen LogP contribution >= 0.6 is 0 Å². The van der Waals surface area contributed by atoms with Gasteiger partial charge in [-0.15, -0.1) is 0 Å². The summed E-state index contributed by atoms with van der Waals surface area (Å²) in [6.07, 6.45) is -16.4. The molecule has 0 radical (unpaired) electrons. The quantitative estimate of drug-likeness (QED) is 0.273. The number of aliphatic hydroxyl groups is 1. The number of alkyl halides is 7. The zero-order valence-corrected chi connectivity index (χ0v) is 18.3. The molecule has 3 N–H and O–H groups in total. The molecule has 3 rings (SSSR count). The highest BCUT2D eigenvalue weighted by Crippen LogP contribution is 2.36. The second-order valence-corrected chi connectivity index (χ2v) is 7.61. The molecule has 1 unspecified atom stereocenters. The van der Waals surface area contributed by atoms with Crippen LogP contribution in [0.5, 0.6) is 23.0 Å². The Morgan fingerprint density at radius 3 is 2.17 bits per heavy atom. The third-order valence-electron chi connectivity index (χ3n) is 4.83. The molecular formula is C24H20F7NO4. The Morgan fingerprint density at radius 1 is 0.861 bits per heavy atom. The predicted octanol–water partition coefficient (Wildman–Crippen LogP) is 6.35. The third-order valence-corrected chi connectivity index (χ3v) is 4.83. The summed E-state index contributed by atoms with van der Waals surface area (Å²) in [5.74, 6) is -0.253. The number of hydrogen-bond acceptors (Lipinski definition) is 5. The summed E-state index contributed by atoms with van der Waals surface area (Å²) >= 11 is 0. The fourth-order valence-corrected chi connectivity index (χ4v) is 3.11. The van der Waals surface area contributed by atoms with Gasteiger partial charge in [0.25, 0.3) is 0 Å². The summed E-state index contributed by atoms with van der Waals surface area (Å²) in [6, 6.07) is 14.9. The molecule has 12 heteroatoms. The maximum atomic E-state index is 13.3. The average molecular weight is 519 g/mol. The Morgan fingerprint density at radius 2 is 1.53 bits per heavy atom. The van der Waals surface area contributed by atoms with Gasteiger partial charge < -0.3 is 25.0 Å². The van der Waals surface area contributed by atoms with Gasteiger partial charge in [0, 0.05) is 6.54 Å². The Balaban J connectivity index is 1.91.